The Balaban J connectivity index is 1.50. The van der Waals surface area contributed by atoms with Gasteiger partial charge in [0.2, 0.25) is 0 Å². The minimum atomic E-state index is -1.13. The highest BCUT2D eigenvalue weighted by molar-refractivity contribution is 6.30. The molecule has 1 atom stereocenters. The summed E-state index contributed by atoms with van der Waals surface area (Å²) in [7, 11) is 0. The second kappa shape index (κ2) is 10.1. The van der Waals surface area contributed by atoms with Gasteiger partial charge in [0.25, 0.3) is 0 Å². The Bertz CT molecular complexity index is 767. The minimum absolute atomic E-state index is 0.227. The molecule has 1 unspecified atom stereocenters. The molecule has 1 fully saturated rings. The predicted octanol–water partition coefficient (Wildman–Crippen LogP) is 3.36. The molecule has 0 spiro atoms. The number of piperidine rings is 1. The Labute approximate surface area is 178 Å². The Kier molecular flexibility index (Phi) is 7.58. The van der Waals surface area contributed by atoms with Crippen molar-refractivity contribution in [1.29, 1.82) is 0 Å². The van der Waals surface area contributed by atoms with Gasteiger partial charge in [-0.15, -0.1) is 0 Å². The summed E-state index contributed by atoms with van der Waals surface area (Å²) < 4.78 is 5.33. The predicted molar refractivity (Wildman–Crippen MR) is 117 cm³/mol. The van der Waals surface area contributed by atoms with E-state index in [0.717, 1.165) is 50.0 Å². The summed E-state index contributed by atoms with van der Waals surface area (Å²) in [5.74, 6) is 1.25. The van der Waals surface area contributed by atoms with Crippen LogP contribution in [0.5, 0.6) is 0 Å². The van der Waals surface area contributed by atoms with Gasteiger partial charge in [0.05, 0.1) is 12.8 Å². The van der Waals surface area contributed by atoms with Crippen LogP contribution in [0.1, 0.15) is 38.0 Å². The molecule has 29 heavy (non-hydrogen) atoms. The third-order valence-corrected chi connectivity index (χ3v) is 5.44. The molecule has 1 saturated heterocycles. The van der Waals surface area contributed by atoms with Gasteiger partial charge < -0.3 is 20.2 Å². The lowest BCUT2D eigenvalue weighted by molar-refractivity contribution is 0.0436. The van der Waals surface area contributed by atoms with E-state index >= 15 is 0 Å². The summed E-state index contributed by atoms with van der Waals surface area (Å²) in [6.07, 6.45) is 3.66. The first-order chi connectivity index (χ1) is 14.0. The van der Waals surface area contributed by atoms with Gasteiger partial charge in [-0.25, -0.2) is 4.99 Å². The fourth-order valence-electron chi connectivity index (χ4n) is 3.49. The van der Waals surface area contributed by atoms with E-state index in [-0.39, 0.29) is 6.54 Å². The molecule has 1 aromatic heterocycles. The molecule has 1 aliphatic heterocycles. The van der Waals surface area contributed by atoms with E-state index in [1.807, 2.05) is 19.1 Å². The van der Waals surface area contributed by atoms with E-state index in [0.29, 0.717) is 11.8 Å². The average Bonchev–Trinajstić information content (AvgIpc) is 3.26. The van der Waals surface area contributed by atoms with Gasteiger partial charge in [0.15, 0.2) is 5.96 Å². The monoisotopic (exact) mass is 418 g/mol. The summed E-state index contributed by atoms with van der Waals surface area (Å²) in [6, 6.07) is 12.0. The number of nitrogens with one attached hydrogen (secondary N) is 2. The SMILES string of the molecule is CCNC(=NCC(C)(O)c1ccco1)NC1CCN(Cc2ccc(Cl)cc2)CC1. The second-order valence-electron chi connectivity index (χ2n) is 7.77. The zero-order valence-electron chi connectivity index (χ0n) is 17.2. The molecule has 6 nitrogen and oxygen atoms in total. The third-order valence-electron chi connectivity index (χ3n) is 5.19. The van der Waals surface area contributed by atoms with Crippen molar-refractivity contribution < 1.29 is 9.52 Å². The van der Waals surface area contributed by atoms with Crippen LogP contribution in [0.2, 0.25) is 5.02 Å². The normalized spacial score (nSPS) is 18.4. The summed E-state index contributed by atoms with van der Waals surface area (Å²) in [5, 5.41) is 18.2. The molecule has 3 rings (SSSR count). The fourth-order valence-corrected chi connectivity index (χ4v) is 3.62. The molecule has 2 aromatic rings. The first-order valence-corrected chi connectivity index (χ1v) is 10.6. The lowest BCUT2D eigenvalue weighted by Crippen LogP contribution is -2.48. The minimum Gasteiger partial charge on any atom is -0.466 e. The molecule has 0 bridgehead atoms. The molecule has 7 heteroatoms. The van der Waals surface area contributed by atoms with Crippen LogP contribution in [0, 0.1) is 0 Å². The van der Waals surface area contributed by atoms with Gasteiger partial charge in [-0.1, -0.05) is 23.7 Å². The Morgan fingerprint density at radius 2 is 2.00 bits per heavy atom. The largest absolute Gasteiger partial charge is 0.466 e. The fraction of sp³-hybridized carbons (Fsp3) is 0.500. The Morgan fingerprint density at radius 3 is 2.62 bits per heavy atom. The van der Waals surface area contributed by atoms with E-state index in [1.54, 1.807) is 25.3 Å². The van der Waals surface area contributed by atoms with Crippen LogP contribution in [-0.4, -0.2) is 48.2 Å². The van der Waals surface area contributed by atoms with Gasteiger partial charge in [-0.3, -0.25) is 4.90 Å². The molecule has 0 aliphatic carbocycles. The lowest BCUT2D eigenvalue weighted by Gasteiger charge is -2.33. The third kappa shape index (κ3) is 6.49. The number of benzene rings is 1. The number of nitrogens with zero attached hydrogens (tertiary/aromatic N) is 2. The van der Waals surface area contributed by atoms with Gasteiger partial charge >= 0.3 is 0 Å². The van der Waals surface area contributed by atoms with E-state index in [1.165, 1.54) is 5.56 Å². The number of hydrogen-bond donors (Lipinski definition) is 3. The average molecular weight is 419 g/mol. The highest BCUT2D eigenvalue weighted by Gasteiger charge is 2.26. The zero-order chi connectivity index (χ0) is 20.7. The molecule has 0 radical (unpaired) electrons. The van der Waals surface area contributed by atoms with Crippen molar-refractivity contribution in [2.24, 2.45) is 4.99 Å². The number of halogens is 1. The van der Waals surface area contributed by atoms with Crippen LogP contribution in [0.25, 0.3) is 0 Å². The van der Waals surface area contributed by atoms with Crippen molar-refractivity contribution in [3.63, 3.8) is 0 Å². The van der Waals surface area contributed by atoms with Gasteiger partial charge in [-0.05, 0) is 56.5 Å². The van der Waals surface area contributed by atoms with Gasteiger partial charge in [0, 0.05) is 37.2 Å². The number of likely N-dealkylation sites (tertiary alicyclic amines) is 1. The number of furan rings is 1. The van der Waals surface area contributed by atoms with Crippen LogP contribution in [-0.2, 0) is 12.1 Å². The van der Waals surface area contributed by atoms with E-state index in [9.17, 15) is 5.11 Å². The smallest absolute Gasteiger partial charge is 0.191 e. The molecule has 3 N–H and O–H groups in total. The molecule has 158 valence electrons. The summed E-state index contributed by atoms with van der Waals surface area (Å²) in [4.78, 5) is 7.05. The second-order valence-corrected chi connectivity index (χ2v) is 8.20. The summed E-state index contributed by atoms with van der Waals surface area (Å²) in [5.41, 5.74) is 0.157. The Hall–Kier alpha value is -2.02. The van der Waals surface area contributed by atoms with Gasteiger partial charge in [-0.2, -0.15) is 0 Å². The van der Waals surface area contributed by atoms with Crippen molar-refractivity contribution in [3.8, 4) is 0 Å². The molecule has 2 heterocycles. The van der Waals surface area contributed by atoms with Crippen molar-refractivity contribution in [2.75, 3.05) is 26.2 Å². The van der Waals surface area contributed by atoms with E-state index in [4.69, 9.17) is 16.0 Å². The van der Waals surface area contributed by atoms with Crippen LogP contribution in [0.4, 0.5) is 0 Å². The van der Waals surface area contributed by atoms with Crippen LogP contribution in [0.3, 0.4) is 0 Å². The first kappa shape index (κ1) is 21.7. The maximum absolute atomic E-state index is 10.6. The Morgan fingerprint density at radius 1 is 1.28 bits per heavy atom. The number of hydrogen-bond acceptors (Lipinski definition) is 4. The maximum Gasteiger partial charge on any atom is 0.191 e. The highest BCUT2D eigenvalue weighted by atomic mass is 35.5. The quantitative estimate of drug-likeness (QED) is 0.475. The molecular formula is C22H31ClN4O2. The summed E-state index contributed by atoms with van der Waals surface area (Å²) >= 11 is 5.97. The topological polar surface area (TPSA) is 73.0 Å². The van der Waals surface area contributed by atoms with E-state index < -0.39 is 5.60 Å². The number of aliphatic hydroxyl groups is 1. The molecular weight excluding hydrogens is 388 g/mol. The number of rotatable bonds is 7. The molecule has 0 saturated carbocycles. The van der Waals surface area contributed by atoms with Crippen molar-refractivity contribution in [1.82, 2.24) is 15.5 Å². The van der Waals surface area contributed by atoms with Crippen molar-refractivity contribution in [3.05, 3.63) is 59.0 Å². The molecule has 1 aromatic carbocycles. The number of aliphatic imine (C=N–C) groups is 1. The molecule has 0 amide bonds. The van der Waals surface area contributed by atoms with E-state index in [2.05, 4.69) is 32.7 Å². The molecule has 1 aliphatic rings. The van der Waals surface area contributed by atoms with Crippen LogP contribution >= 0.6 is 11.6 Å². The lowest BCUT2D eigenvalue weighted by atomic mass is 10.0. The first-order valence-electron chi connectivity index (χ1n) is 10.2. The summed E-state index contributed by atoms with van der Waals surface area (Å²) in [6.45, 7) is 7.76. The van der Waals surface area contributed by atoms with Crippen molar-refractivity contribution in [2.45, 2.75) is 44.9 Å². The van der Waals surface area contributed by atoms with Crippen molar-refractivity contribution >= 4 is 17.6 Å². The maximum atomic E-state index is 10.6. The standard InChI is InChI=1S/C22H31ClN4O2/c1-3-24-21(25-16-22(2,28)20-5-4-14-29-20)26-19-10-12-27(13-11-19)15-17-6-8-18(23)9-7-17/h4-9,14,19,28H,3,10-13,15-16H2,1-2H3,(H2,24,25,26). The number of guanidine groups is 1. The highest BCUT2D eigenvalue weighted by Crippen LogP contribution is 2.21. The van der Waals surface area contributed by atoms with Crippen LogP contribution in [0.15, 0.2) is 52.1 Å². The van der Waals surface area contributed by atoms with Crippen LogP contribution < -0.4 is 10.6 Å². The zero-order valence-corrected chi connectivity index (χ0v) is 18.0. The van der Waals surface area contributed by atoms with Gasteiger partial charge in [0.1, 0.15) is 11.4 Å².